The number of likely N-dealkylation sites (N-methyl/N-ethyl adjacent to an activating group) is 1. The molecule has 2 aromatic rings. The predicted octanol–water partition coefficient (Wildman–Crippen LogP) is 2.21. The Balaban J connectivity index is 1.59. The predicted molar refractivity (Wildman–Crippen MR) is 84.9 cm³/mol. The number of carbonyl (C=O) groups excluding carboxylic acids is 1. The zero-order valence-electron chi connectivity index (χ0n) is 12.1. The van der Waals surface area contributed by atoms with Gasteiger partial charge in [0.15, 0.2) is 0 Å². The van der Waals surface area contributed by atoms with Crippen molar-refractivity contribution in [2.45, 2.75) is 6.42 Å². The maximum Gasteiger partial charge on any atom is 0.252 e. The van der Waals surface area contributed by atoms with Crippen LogP contribution in [0.1, 0.15) is 5.56 Å². The zero-order chi connectivity index (χ0) is 14.7. The van der Waals surface area contributed by atoms with E-state index in [-0.39, 0.29) is 5.91 Å². The number of benzene rings is 1. The minimum absolute atomic E-state index is 0.0161. The van der Waals surface area contributed by atoms with Gasteiger partial charge in [-0.3, -0.25) is 4.79 Å². The van der Waals surface area contributed by atoms with Gasteiger partial charge < -0.3 is 15.2 Å². The van der Waals surface area contributed by atoms with Crippen molar-refractivity contribution in [2.75, 3.05) is 20.1 Å². The average Bonchev–Trinajstić information content (AvgIpc) is 2.91. The highest BCUT2D eigenvalue weighted by molar-refractivity contribution is 5.96. The first-order valence-electron chi connectivity index (χ1n) is 7.16. The number of nitrogens with one attached hydrogen (secondary N) is 2. The van der Waals surface area contributed by atoms with E-state index in [1.807, 2.05) is 48.6 Å². The molecule has 4 heteroatoms. The van der Waals surface area contributed by atoms with E-state index in [9.17, 15) is 4.79 Å². The smallest absolute Gasteiger partial charge is 0.252 e. The molecule has 1 aliphatic heterocycles. The molecular formula is C17H19N3O. The first kappa shape index (κ1) is 13.5. The number of aromatic amines is 1. The molecule has 1 amide bonds. The van der Waals surface area contributed by atoms with E-state index in [2.05, 4.69) is 22.4 Å². The lowest BCUT2D eigenvalue weighted by molar-refractivity contribution is -0.117. The van der Waals surface area contributed by atoms with Crippen LogP contribution in [-0.2, 0) is 11.2 Å². The number of nitrogens with zero attached hydrogens (tertiary/aromatic N) is 1. The Hall–Kier alpha value is -2.49. The van der Waals surface area contributed by atoms with Gasteiger partial charge in [-0.25, -0.2) is 0 Å². The lowest BCUT2D eigenvalue weighted by Crippen LogP contribution is -2.29. The number of hydrogen-bond acceptors (Lipinski definition) is 2. The maximum absolute atomic E-state index is 12.1. The normalized spacial score (nSPS) is 14.3. The van der Waals surface area contributed by atoms with Crippen LogP contribution in [0.15, 0.2) is 54.4 Å². The Morgan fingerprint density at radius 3 is 3.10 bits per heavy atom. The van der Waals surface area contributed by atoms with Crippen molar-refractivity contribution in [1.29, 1.82) is 0 Å². The summed E-state index contributed by atoms with van der Waals surface area (Å²) in [6.45, 7) is 1.49. The zero-order valence-corrected chi connectivity index (χ0v) is 12.1. The molecule has 0 atom stereocenters. The summed E-state index contributed by atoms with van der Waals surface area (Å²) in [5.41, 5.74) is 3.08. The fourth-order valence-corrected chi connectivity index (χ4v) is 2.56. The molecule has 2 N–H and O–H groups in total. The standard InChI is InChI=1S/C17H19N3O/c1-20-10-4-5-14(12-20)17(21)18-9-8-13-11-19-16-7-3-2-6-15(13)16/h2-7,11-12,19H,8-10H2,1H3,(H,18,21). The van der Waals surface area contributed by atoms with Gasteiger partial charge >= 0.3 is 0 Å². The van der Waals surface area contributed by atoms with E-state index >= 15 is 0 Å². The summed E-state index contributed by atoms with van der Waals surface area (Å²) in [5.74, 6) is -0.0161. The Bertz CT molecular complexity index is 712. The van der Waals surface area contributed by atoms with Crippen molar-refractivity contribution >= 4 is 16.8 Å². The highest BCUT2D eigenvalue weighted by Gasteiger charge is 2.10. The highest BCUT2D eigenvalue weighted by atomic mass is 16.1. The van der Waals surface area contributed by atoms with Gasteiger partial charge in [-0.15, -0.1) is 0 Å². The van der Waals surface area contributed by atoms with Crippen LogP contribution < -0.4 is 5.32 Å². The first-order valence-corrected chi connectivity index (χ1v) is 7.16. The molecule has 108 valence electrons. The van der Waals surface area contributed by atoms with Gasteiger partial charge in [0.1, 0.15) is 0 Å². The summed E-state index contributed by atoms with van der Waals surface area (Å²) < 4.78 is 0. The summed E-state index contributed by atoms with van der Waals surface area (Å²) in [6, 6.07) is 8.21. The SMILES string of the molecule is CN1C=C(C(=O)NCCc2c[nH]c3ccccc23)C=CC1. The van der Waals surface area contributed by atoms with Gasteiger partial charge in [0.05, 0.1) is 5.57 Å². The molecule has 0 bridgehead atoms. The number of aromatic nitrogens is 1. The molecule has 0 spiro atoms. The number of carbonyl (C=O) groups is 1. The number of rotatable bonds is 4. The van der Waals surface area contributed by atoms with Crippen LogP contribution in [0.25, 0.3) is 10.9 Å². The molecule has 4 nitrogen and oxygen atoms in total. The number of hydrogen-bond donors (Lipinski definition) is 2. The molecule has 0 fully saturated rings. The second-order valence-corrected chi connectivity index (χ2v) is 5.29. The van der Waals surface area contributed by atoms with Crippen molar-refractivity contribution in [3.63, 3.8) is 0 Å². The molecule has 1 aliphatic rings. The van der Waals surface area contributed by atoms with E-state index in [4.69, 9.17) is 0 Å². The lowest BCUT2D eigenvalue weighted by atomic mass is 10.1. The third kappa shape index (κ3) is 2.99. The number of H-pyrrole nitrogens is 1. The molecule has 0 aliphatic carbocycles. The summed E-state index contributed by atoms with van der Waals surface area (Å²) >= 11 is 0. The number of amides is 1. The molecule has 21 heavy (non-hydrogen) atoms. The Labute approximate surface area is 124 Å². The second kappa shape index (κ2) is 5.87. The first-order chi connectivity index (χ1) is 10.2. The van der Waals surface area contributed by atoms with Crippen molar-refractivity contribution in [2.24, 2.45) is 0 Å². The molecule has 1 aromatic heterocycles. The van der Waals surface area contributed by atoms with Gasteiger partial charge in [-0.1, -0.05) is 30.4 Å². The fourth-order valence-electron chi connectivity index (χ4n) is 2.56. The third-order valence-corrected chi connectivity index (χ3v) is 3.67. The largest absolute Gasteiger partial charge is 0.376 e. The van der Waals surface area contributed by atoms with Crippen molar-refractivity contribution in [1.82, 2.24) is 15.2 Å². The Kier molecular flexibility index (Phi) is 3.77. The van der Waals surface area contributed by atoms with Crippen molar-refractivity contribution in [3.05, 3.63) is 60.0 Å². The monoisotopic (exact) mass is 281 g/mol. The van der Waals surface area contributed by atoms with Crippen LogP contribution in [0.3, 0.4) is 0 Å². The van der Waals surface area contributed by atoms with E-state index in [1.165, 1.54) is 10.9 Å². The molecule has 0 saturated carbocycles. The van der Waals surface area contributed by atoms with Gasteiger partial charge in [-0.05, 0) is 18.1 Å². The van der Waals surface area contributed by atoms with Gasteiger partial charge in [0, 0.05) is 43.4 Å². The maximum atomic E-state index is 12.1. The van der Waals surface area contributed by atoms with E-state index in [1.54, 1.807) is 0 Å². The molecule has 0 radical (unpaired) electrons. The summed E-state index contributed by atoms with van der Waals surface area (Å²) in [7, 11) is 1.96. The molecule has 3 rings (SSSR count). The second-order valence-electron chi connectivity index (χ2n) is 5.29. The average molecular weight is 281 g/mol. The fraction of sp³-hybridized carbons (Fsp3) is 0.235. The third-order valence-electron chi connectivity index (χ3n) is 3.67. The van der Waals surface area contributed by atoms with Gasteiger partial charge in [0.25, 0.3) is 5.91 Å². The molecule has 1 aromatic carbocycles. The molecule has 0 saturated heterocycles. The Morgan fingerprint density at radius 2 is 2.24 bits per heavy atom. The van der Waals surface area contributed by atoms with E-state index in [0.29, 0.717) is 12.1 Å². The van der Waals surface area contributed by atoms with E-state index < -0.39 is 0 Å². The number of fused-ring (bicyclic) bond motifs is 1. The van der Waals surface area contributed by atoms with Gasteiger partial charge in [0.2, 0.25) is 0 Å². The highest BCUT2D eigenvalue weighted by Crippen LogP contribution is 2.17. The van der Waals surface area contributed by atoms with Crippen LogP contribution in [0, 0.1) is 0 Å². The molecule has 2 heterocycles. The molecular weight excluding hydrogens is 262 g/mol. The Morgan fingerprint density at radius 1 is 1.38 bits per heavy atom. The quantitative estimate of drug-likeness (QED) is 0.902. The van der Waals surface area contributed by atoms with Crippen LogP contribution >= 0.6 is 0 Å². The van der Waals surface area contributed by atoms with Crippen LogP contribution in [-0.4, -0.2) is 35.9 Å². The van der Waals surface area contributed by atoms with Crippen molar-refractivity contribution < 1.29 is 4.79 Å². The van der Waals surface area contributed by atoms with Crippen molar-refractivity contribution in [3.8, 4) is 0 Å². The summed E-state index contributed by atoms with van der Waals surface area (Å²) in [5, 5.41) is 4.20. The topological polar surface area (TPSA) is 48.1 Å². The van der Waals surface area contributed by atoms with Crippen LogP contribution in [0.5, 0.6) is 0 Å². The minimum atomic E-state index is -0.0161. The summed E-state index contributed by atoms with van der Waals surface area (Å²) in [4.78, 5) is 17.3. The molecule has 0 unspecified atom stereocenters. The number of para-hydroxylation sites is 1. The van der Waals surface area contributed by atoms with Crippen LogP contribution in [0.4, 0.5) is 0 Å². The summed E-state index contributed by atoms with van der Waals surface area (Å²) in [6.07, 6.45) is 8.59. The van der Waals surface area contributed by atoms with Gasteiger partial charge in [-0.2, -0.15) is 0 Å². The van der Waals surface area contributed by atoms with Crippen LogP contribution in [0.2, 0.25) is 0 Å². The van der Waals surface area contributed by atoms with E-state index in [0.717, 1.165) is 18.5 Å². The minimum Gasteiger partial charge on any atom is -0.376 e. The lowest BCUT2D eigenvalue weighted by Gasteiger charge is -2.17.